The minimum absolute atomic E-state index is 0.657. The van der Waals surface area contributed by atoms with Gasteiger partial charge in [-0.1, -0.05) is 6.07 Å². The van der Waals surface area contributed by atoms with Crippen LogP contribution in [0.1, 0.15) is 16.3 Å². The maximum absolute atomic E-state index is 10.6. The van der Waals surface area contributed by atoms with E-state index in [2.05, 4.69) is 33.2 Å². The van der Waals surface area contributed by atoms with E-state index >= 15 is 0 Å². The third kappa shape index (κ3) is 11.4. The van der Waals surface area contributed by atoms with Crippen molar-refractivity contribution >= 4 is 23.3 Å². The van der Waals surface area contributed by atoms with Crippen molar-refractivity contribution in [2.24, 2.45) is 0 Å². The summed E-state index contributed by atoms with van der Waals surface area (Å²) < 4.78 is 79.9. The van der Waals surface area contributed by atoms with Crippen molar-refractivity contribution < 1.29 is 60.4 Å². The lowest BCUT2D eigenvalue weighted by atomic mass is 10.1. The van der Waals surface area contributed by atoms with Gasteiger partial charge in [-0.05, 0) is 13.0 Å². The highest BCUT2D eigenvalue weighted by Crippen LogP contribution is 2.40. The van der Waals surface area contributed by atoms with Crippen LogP contribution in [0.4, 0.5) is 26.3 Å². The quantitative estimate of drug-likeness (QED) is 0.447. The molecule has 2 heterocycles. The molecule has 0 saturated carbocycles. The zero-order chi connectivity index (χ0) is 30.7. The van der Waals surface area contributed by atoms with Crippen molar-refractivity contribution in [3.63, 3.8) is 0 Å². The Morgan fingerprint density at radius 1 is 0.850 bits per heavy atom. The van der Waals surface area contributed by atoms with Crippen molar-refractivity contribution in [3.8, 4) is 17.2 Å². The number of piperazine rings is 1. The minimum atomic E-state index is -5.08. The number of benzene rings is 1. The van der Waals surface area contributed by atoms with Gasteiger partial charge in [-0.3, -0.25) is 9.80 Å². The fourth-order valence-corrected chi connectivity index (χ4v) is 3.95. The van der Waals surface area contributed by atoms with Gasteiger partial charge in [-0.15, -0.1) is 11.3 Å². The Bertz CT molecular complexity index is 1080. The summed E-state index contributed by atoms with van der Waals surface area (Å²) in [5.74, 6) is -3.41. The zero-order valence-corrected chi connectivity index (χ0v) is 22.7. The van der Waals surface area contributed by atoms with Gasteiger partial charge in [-0.25, -0.2) is 14.6 Å². The fraction of sp³-hybridized carbons (Fsp3) is 0.522. The van der Waals surface area contributed by atoms with Crippen molar-refractivity contribution in [2.45, 2.75) is 32.4 Å². The number of aromatic nitrogens is 1. The van der Waals surface area contributed by atoms with Crippen LogP contribution < -0.4 is 14.2 Å². The van der Waals surface area contributed by atoms with E-state index in [4.69, 9.17) is 34.0 Å². The zero-order valence-electron chi connectivity index (χ0n) is 21.9. The predicted molar refractivity (Wildman–Crippen MR) is 131 cm³/mol. The van der Waals surface area contributed by atoms with Crippen molar-refractivity contribution in [1.29, 1.82) is 0 Å². The summed E-state index contributed by atoms with van der Waals surface area (Å²) in [5, 5.41) is 17.6. The maximum atomic E-state index is 10.6. The number of hydrogen-bond donors (Lipinski definition) is 2. The predicted octanol–water partition coefficient (Wildman–Crippen LogP) is 4.06. The molecule has 0 spiro atoms. The van der Waals surface area contributed by atoms with Gasteiger partial charge < -0.3 is 24.4 Å². The first-order chi connectivity index (χ1) is 18.5. The molecule has 2 aromatic rings. The number of carbonyl (C=O) groups is 2. The SMILES string of the molecule is COc1ccc(CN2CCN(Cc3csc(C)n3)CC2)c(OC)c1OC.O=C(O)C(F)(F)F.O=C(O)C(F)(F)F. The number of nitrogens with zero attached hydrogens (tertiary/aromatic N) is 3. The first-order valence-electron chi connectivity index (χ1n) is 11.3. The van der Waals surface area contributed by atoms with Gasteiger partial charge in [-0.2, -0.15) is 26.3 Å². The molecule has 1 fully saturated rings. The Hall–Kier alpha value is -3.31. The molecule has 17 heteroatoms. The van der Waals surface area contributed by atoms with Crippen LogP contribution in [0.5, 0.6) is 17.2 Å². The Morgan fingerprint density at radius 2 is 1.30 bits per heavy atom. The molecule has 0 radical (unpaired) electrons. The number of methoxy groups -OCH3 is 3. The fourth-order valence-electron chi connectivity index (χ4n) is 3.34. The van der Waals surface area contributed by atoms with Crippen LogP contribution in [-0.4, -0.2) is 96.8 Å². The standard InChI is InChI=1S/C19H27N3O3S.2C2HF3O2/c1-14-20-16(13-26-14)12-22-9-7-21(8-10-22)11-15-5-6-17(23-2)19(25-4)18(15)24-3;2*3-2(4,5)1(6)7/h5-6,13H,7-12H2,1-4H3;2*(H,6,7). The molecule has 40 heavy (non-hydrogen) atoms. The van der Waals surface area contributed by atoms with E-state index < -0.39 is 24.3 Å². The van der Waals surface area contributed by atoms with Crippen LogP contribution in [0, 0.1) is 6.92 Å². The molecule has 0 amide bonds. The Morgan fingerprint density at radius 3 is 1.65 bits per heavy atom. The van der Waals surface area contributed by atoms with Crippen molar-refractivity contribution in [1.82, 2.24) is 14.8 Å². The van der Waals surface area contributed by atoms with Crippen LogP contribution in [0.15, 0.2) is 17.5 Å². The van der Waals surface area contributed by atoms with Gasteiger partial charge in [0.25, 0.3) is 0 Å². The molecule has 1 saturated heterocycles. The number of halogens is 6. The third-order valence-electron chi connectivity index (χ3n) is 5.18. The molecule has 2 N–H and O–H groups in total. The first-order valence-corrected chi connectivity index (χ1v) is 12.1. The number of rotatable bonds is 7. The van der Waals surface area contributed by atoms with E-state index in [1.54, 1.807) is 32.7 Å². The van der Waals surface area contributed by atoms with E-state index in [-0.39, 0.29) is 0 Å². The van der Waals surface area contributed by atoms with Crippen LogP contribution in [0.2, 0.25) is 0 Å². The number of alkyl halides is 6. The van der Waals surface area contributed by atoms with Crippen molar-refractivity contribution in [2.75, 3.05) is 47.5 Å². The lowest BCUT2D eigenvalue weighted by Crippen LogP contribution is -2.45. The molecule has 1 aromatic carbocycles. The molecule has 226 valence electrons. The molecule has 1 aliphatic heterocycles. The molecule has 10 nitrogen and oxygen atoms in total. The van der Waals surface area contributed by atoms with Gasteiger partial charge in [0, 0.05) is 50.2 Å². The Balaban J connectivity index is 0.000000473. The molecular formula is C23H29F6N3O7S. The van der Waals surface area contributed by atoms with E-state index in [9.17, 15) is 26.3 Å². The lowest BCUT2D eigenvalue weighted by Gasteiger charge is -2.34. The molecule has 3 rings (SSSR count). The normalized spacial score (nSPS) is 14.2. The number of thiazole rings is 1. The molecule has 0 atom stereocenters. The van der Waals surface area contributed by atoms with Crippen LogP contribution in [0.3, 0.4) is 0 Å². The first kappa shape index (κ1) is 34.7. The number of aliphatic carboxylic acids is 2. The number of aryl methyl sites for hydroxylation is 1. The van der Waals surface area contributed by atoms with Gasteiger partial charge in [0.1, 0.15) is 0 Å². The average Bonchev–Trinajstić information content (AvgIpc) is 3.28. The second-order valence-electron chi connectivity index (χ2n) is 8.01. The topological polar surface area (TPSA) is 122 Å². The lowest BCUT2D eigenvalue weighted by molar-refractivity contribution is -0.193. The van der Waals surface area contributed by atoms with E-state index in [0.717, 1.165) is 55.6 Å². The van der Waals surface area contributed by atoms with Gasteiger partial charge in [0.15, 0.2) is 11.5 Å². The molecule has 0 unspecified atom stereocenters. The highest BCUT2D eigenvalue weighted by atomic mass is 32.1. The molecular weight excluding hydrogens is 576 g/mol. The molecule has 1 aromatic heterocycles. The minimum Gasteiger partial charge on any atom is -0.493 e. The average molecular weight is 606 g/mol. The summed E-state index contributed by atoms with van der Waals surface area (Å²) in [6.07, 6.45) is -10.2. The van der Waals surface area contributed by atoms with Gasteiger partial charge in [0.05, 0.1) is 32.0 Å². The summed E-state index contributed by atoms with van der Waals surface area (Å²) >= 11 is 1.72. The van der Waals surface area contributed by atoms with Gasteiger partial charge in [0.2, 0.25) is 5.75 Å². The summed E-state index contributed by atoms with van der Waals surface area (Å²) in [4.78, 5) is 27.3. The number of carboxylic acid groups (broad SMARTS) is 2. The second-order valence-corrected chi connectivity index (χ2v) is 9.07. The summed E-state index contributed by atoms with van der Waals surface area (Å²) in [6, 6.07) is 4.00. The Kier molecular flexibility index (Phi) is 13.4. The number of carboxylic acids is 2. The molecule has 0 aliphatic carbocycles. The Labute approximate surface area is 229 Å². The smallest absolute Gasteiger partial charge is 0.490 e. The molecule has 1 aliphatic rings. The second kappa shape index (κ2) is 15.5. The summed E-state index contributed by atoms with van der Waals surface area (Å²) in [6.45, 7) is 7.99. The van der Waals surface area contributed by atoms with E-state index in [0.29, 0.717) is 11.5 Å². The number of hydrogen-bond acceptors (Lipinski definition) is 9. The third-order valence-corrected chi connectivity index (χ3v) is 6.00. The summed E-state index contributed by atoms with van der Waals surface area (Å²) in [5.41, 5.74) is 2.30. The monoisotopic (exact) mass is 605 g/mol. The highest BCUT2D eigenvalue weighted by molar-refractivity contribution is 7.09. The van der Waals surface area contributed by atoms with Crippen LogP contribution in [0.25, 0.3) is 0 Å². The summed E-state index contributed by atoms with van der Waals surface area (Å²) in [7, 11) is 4.96. The molecule has 0 bridgehead atoms. The van der Waals surface area contributed by atoms with Crippen molar-refractivity contribution in [3.05, 3.63) is 33.8 Å². The van der Waals surface area contributed by atoms with E-state index in [1.807, 2.05) is 6.07 Å². The van der Waals surface area contributed by atoms with Crippen LogP contribution in [-0.2, 0) is 22.7 Å². The van der Waals surface area contributed by atoms with Crippen LogP contribution >= 0.6 is 11.3 Å². The van der Waals surface area contributed by atoms with Gasteiger partial charge >= 0.3 is 24.3 Å². The maximum Gasteiger partial charge on any atom is 0.490 e. The number of ether oxygens (including phenoxy) is 3. The highest BCUT2D eigenvalue weighted by Gasteiger charge is 2.38. The largest absolute Gasteiger partial charge is 0.493 e. The van der Waals surface area contributed by atoms with E-state index in [1.165, 1.54) is 5.69 Å².